The molecule has 1 unspecified atom stereocenters. The Labute approximate surface area is 107 Å². The normalized spacial score (nSPS) is 25.0. The number of rotatable bonds is 2. The molecule has 2 rings (SSSR count). The van der Waals surface area contributed by atoms with E-state index in [0.29, 0.717) is 13.1 Å². The first kappa shape index (κ1) is 13.1. The quantitative estimate of drug-likeness (QED) is 0.739. The highest BCUT2D eigenvalue weighted by molar-refractivity contribution is 5.75. The van der Waals surface area contributed by atoms with Gasteiger partial charge in [-0.3, -0.25) is 4.79 Å². The predicted octanol–water partition coefficient (Wildman–Crippen LogP) is 0.198. The topological polar surface area (TPSA) is 72.9 Å². The van der Waals surface area contributed by atoms with Gasteiger partial charge in [0.05, 0.1) is 0 Å². The molecule has 1 atom stereocenters. The third-order valence-corrected chi connectivity index (χ3v) is 3.63. The van der Waals surface area contributed by atoms with Gasteiger partial charge in [-0.1, -0.05) is 0 Å². The molecule has 2 aliphatic rings. The summed E-state index contributed by atoms with van der Waals surface area (Å²) in [5.41, 5.74) is 0. The summed E-state index contributed by atoms with van der Waals surface area (Å²) < 4.78 is 0. The van der Waals surface area contributed by atoms with Gasteiger partial charge < -0.3 is 20.2 Å². The largest absolute Gasteiger partial charge is 0.481 e. The Bertz CT molecular complexity index is 314. The van der Waals surface area contributed by atoms with E-state index in [9.17, 15) is 9.59 Å². The van der Waals surface area contributed by atoms with Gasteiger partial charge in [-0.05, 0) is 25.3 Å². The maximum absolute atomic E-state index is 12.3. The zero-order valence-electron chi connectivity index (χ0n) is 10.6. The van der Waals surface area contributed by atoms with Crippen LogP contribution in [-0.2, 0) is 4.79 Å². The van der Waals surface area contributed by atoms with E-state index >= 15 is 0 Å². The SMILES string of the molecule is O=C(O)CC1CCN(C(=O)N2CCCNCC2)C1. The highest BCUT2D eigenvalue weighted by atomic mass is 16.4. The zero-order chi connectivity index (χ0) is 13.0. The Hall–Kier alpha value is -1.30. The van der Waals surface area contributed by atoms with E-state index < -0.39 is 5.97 Å². The van der Waals surface area contributed by atoms with Crippen molar-refractivity contribution in [3.05, 3.63) is 0 Å². The molecule has 0 spiro atoms. The van der Waals surface area contributed by atoms with Crippen molar-refractivity contribution < 1.29 is 14.7 Å². The second kappa shape index (κ2) is 6.04. The lowest BCUT2D eigenvalue weighted by Gasteiger charge is -2.26. The number of carbonyl (C=O) groups excluding carboxylic acids is 1. The molecule has 6 heteroatoms. The smallest absolute Gasteiger partial charge is 0.320 e. The molecule has 18 heavy (non-hydrogen) atoms. The molecule has 102 valence electrons. The molecule has 2 fully saturated rings. The molecule has 0 aromatic carbocycles. The molecule has 2 saturated heterocycles. The monoisotopic (exact) mass is 255 g/mol. The van der Waals surface area contributed by atoms with Crippen LogP contribution in [0.5, 0.6) is 0 Å². The number of carbonyl (C=O) groups is 2. The number of nitrogens with zero attached hydrogens (tertiary/aromatic N) is 2. The first-order valence-corrected chi connectivity index (χ1v) is 6.63. The summed E-state index contributed by atoms with van der Waals surface area (Å²) in [6, 6.07) is 0.0755. The molecule has 0 bridgehead atoms. The number of aliphatic carboxylic acids is 1. The van der Waals surface area contributed by atoms with Gasteiger partial charge in [0.1, 0.15) is 0 Å². The van der Waals surface area contributed by atoms with Crippen LogP contribution >= 0.6 is 0 Å². The number of carboxylic acids is 1. The fourth-order valence-electron chi connectivity index (χ4n) is 2.66. The highest BCUT2D eigenvalue weighted by Gasteiger charge is 2.30. The first-order chi connectivity index (χ1) is 8.66. The lowest BCUT2D eigenvalue weighted by atomic mass is 10.1. The molecule has 0 saturated carbocycles. The summed E-state index contributed by atoms with van der Waals surface area (Å²) in [5.74, 6) is -0.648. The van der Waals surface area contributed by atoms with Gasteiger partial charge in [-0.2, -0.15) is 0 Å². The summed E-state index contributed by atoms with van der Waals surface area (Å²) in [7, 11) is 0. The number of urea groups is 1. The Kier molecular flexibility index (Phi) is 4.41. The van der Waals surface area contributed by atoms with E-state index in [-0.39, 0.29) is 18.4 Å². The van der Waals surface area contributed by atoms with Crippen molar-refractivity contribution in [2.45, 2.75) is 19.3 Å². The Balaban J connectivity index is 1.84. The highest BCUT2D eigenvalue weighted by Crippen LogP contribution is 2.20. The van der Waals surface area contributed by atoms with Crippen molar-refractivity contribution in [1.82, 2.24) is 15.1 Å². The van der Waals surface area contributed by atoms with Gasteiger partial charge >= 0.3 is 12.0 Å². The van der Waals surface area contributed by atoms with Crippen LogP contribution in [0.1, 0.15) is 19.3 Å². The number of carboxylic acid groups (broad SMARTS) is 1. The van der Waals surface area contributed by atoms with E-state index in [0.717, 1.165) is 39.0 Å². The zero-order valence-corrected chi connectivity index (χ0v) is 10.6. The maximum atomic E-state index is 12.3. The van der Waals surface area contributed by atoms with Crippen molar-refractivity contribution >= 4 is 12.0 Å². The van der Waals surface area contributed by atoms with Crippen LogP contribution in [0.4, 0.5) is 4.79 Å². The van der Waals surface area contributed by atoms with E-state index in [1.807, 2.05) is 4.90 Å². The van der Waals surface area contributed by atoms with Gasteiger partial charge in [0.2, 0.25) is 0 Å². The fourth-order valence-corrected chi connectivity index (χ4v) is 2.66. The molecular weight excluding hydrogens is 234 g/mol. The lowest BCUT2D eigenvalue weighted by molar-refractivity contribution is -0.138. The molecular formula is C12H21N3O3. The first-order valence-electron chi connectivity index (χ1n) is 6.63. The van der Waals surface area contributed by atoms with E-state index in [4.69, 9.17) is 5.11 Å². The second-order valence-corrected chi connectivity index (χ2v) is 5.07. The summed E-state index contributed by atoms with van der Waals surface area (Å²) in [6.07, 6.45) is 1.97. The van der Waals surface area contributed by atoms with E-state index in [1.54, 1.807) is 4.90 Å². The molecule has 2 aliphatic heterocycles. The molecule has 0 radical (unpaired) electrons. The van der Waals surface area contributed by atoms with Crippen molar-refractivity contribution in [2.75, 3.05) is 39.3 Å². The van der Waals surface area contributed by atoms with Crippen molar-refractivity contribution in [2.24, 2.45) is 5.92 Å². The average molecular weight is 255 g/mol. The minimum atomic E-state index is -0.770. The third-order valence-electron chi connectivity index (χ3n) is 3.63. The Morgan fingerprint density at radius 3 is 2.78 bits per heavy atom. The Morgan fingerprint density at radius 1 is 1.17 bits per heavy atom. The summed E-state index contributed by atoms with van der Waals surface area (Å²) in [6.45, 7) is 4.64. The van der Waals surface area contributed by atoms with Crippen LogP contribution in [0, 0.1) is 5.92 Å². The standard InChI is InChI=1S/C12H21N3O3/c16-11(17)8-10-2-6-15(9-10)12(18)14-5-1-3-13-4-7-14/h10,13H,1-9H2,(H,16,17). The number of likely N-dealkylation sites (tertiary alicyclic amines) is 1. The molecule has 2 amide bonds. The van der Waals surface area contributed by atoms with Crippen LogP contribution < -0.4 is 5.32 Å². The summed E-state index contributed by atoms with van der Waals surface area (Å²) >= 11 is 0. The van der Waals surface area contributed by atoms with Gasteiger partial charge in [0, 0.05) is 39.1 Å². The minimum absolute atomic E-state index is 0.0755. The van der Waals surface area contributed by atoms with Gasteiger partial charge in [-0.25, -0.2) is 4.79 Å². The number of amides is 2. The number of hydrogen-bond acceptors (Lipinski definition) is 3. The molecule has 0 aromatic rings. The van der Waals surface area contributed by atoms with E-state index in [1.165, 1.54) is 0 Å². The molecule has 0 aromatic heterocycles. The summed E-state index contributed by atoms with van der Waals surface area (Å²) in [5, 5.41) is 12.0. The summed E-state index contributed by atoms with van der Waals surface area (Å²) in [4.78, 5) is 26.6. The van der Waals surface area contributed by atoms with Crippen molar-refractivity contribution in [1.29, 1.82) is 0 Å². The maximum Gasteiger partial charge on any atom is 0.320 e. The lowest BCUT2D eigenvalue weighted by Crippen LogP contribution is -2.43. The molecule has 2 heterocycles. The minimum Gasteiger partial charge on any atom is -0.481 e. The average Bonchev–Trinajstić information content (AvgIpc) is 2.63. The van der Waals surface area contributed by atoms with Gasteiger partial charge in [0.15, 0.2) is 0 Å². The van der Waals surface area contributed by atoms with Crippen LogP contribution in [-0.4, -0.2) is 66.2 Å². The van der Waals surface area contributed by atoms with Crippen molar-refractivity contribution in [3.63, 3.8) is 0 Å². The second-order valence-electron chi connectivity index (χ2n) is 5.07. The van der Waals surface area contributed by atoms with Crippen LogP contribution in [0.3, 0.4) is 0 Å². The van der Waals surface area contributed by atoms with Crippen LogP contribution in [0.25, 0.3) is 0 Å². The predicted molar refractivity (Wildman–Crippen MR) is 66.4 cm³/mol. The third kappa shape index (κ3) is 3.35. The molecule has 0 aliphatic carbocycles. The number of nitrogens with one attached hydrogen (secondary N) is 1. The van der Waals surface area contributed by atoms with E-state index in [2.05, 4.69) is 5.32 Å². The fraction of sp³-hybridized carbons (Fsp3) is 0.833. The molecule has 2 N–H and O–H groups in total. The number of hydrogen-bond donors (Lipinski definition) is 2. The van der Waals surface area contributed by atoms with Crippen LogP contribution in [0.2, 0.25) is 0 Å². The van der Waals surface area contributed by atoms with Gasteiger partial charge in [0.25, 0.3) is 0 Å². The van der Waals surface area contributed by atoms with Crippen LogP contribution in [0.15, 0.2) is 0 Å². The van der Waals surface area contributed by atoms with Gasteiger partial charge in [-0.15, -0.1) is 0 Å². The molecule has 6 nitrogen and oxygen atoms in total. The van der Waals surface area contributed by atoms with Crippen molar-refractivity contribution in [3.8, 4) is 0 Å². The Morgan fingerprint density at radius 2 is 2.00 bits per heavy atom.